The van der Waals surface area contributed by atoms with Gasteiger partial charge in [-0.2, -0.15) is 0 Å². The maximum atomic E-state index is 12.2. The fourth-order valence-corrected chi connectivity index (χ4v) is 2.80. The largest absolute Gasteiger partial charge is 0.497 e. The van der Waals surface area contributed by atoms with Gasteiger partial charge in [-0.25, -0.2) is 0 Å². The van der Waals surface area contributed by atoms with Gasteiger partial charge in [-0.05, 0) is 28.7 Å². The van der Waals surface area contributed by atoms with Crippen LogP contribution >= 0.6 is 0 Å². The van der Waals surface area contributed by atoms with Crippen molar-refractivity contribution in [2.45, 2.75) is 39.2 Å². The van der Waals surface area contributed by atoms with E-state index in [2.05, 4.69) is 32.9 Å². The van der Waals surface area contributed by atoms with Gasteiger partial charge in [0.25, 0.3) is 0 Å². The molecule has 0 atom stereocenters. The molecule has 4 heteroatoms. The van der Waals surface area contributed by atoms with E-state index in [9.17, 15) is 4.79 Å². The van der Waals surface area contributed by atoms with E-state index >= 15 is 0 Å². The highest BCUT2D eigenvalue weighted by Crippen LogP contribution is 2.26. The fraction of sp³-hybridized carbons (Fsp3) is 0.318. The third kappa shape index (κ3) is 4.07. The number of esters is 1. The van der Waals surface area contributed by atoms with E-state index in [-0.39, 0.29) is 24.4 Å². The maximum Gasteiger partial charge on any atom is 0.310 e. The molecule has 26 heavy (non-hydrogen) atoms. The molecule has 2 aromatic carbocycles. The summed E-state index contributed by atoms with van der Waals surface area (Å²) >= 11 is 0. The molecule has 136 valence electrons. The number of rotatable bonds is 5. The van der Waals surface area contributed by atoms with Crippen LogP contribution in [0, 0.1) is 0 Å². The van der Waals surface area contributed by atoms with Crippen LogP contribution in [0.4, 0.5) is 0 Å². The Balaban J connectivity index is 1.61. The molecule has 0 N–H and O–H groups in total. The van der Waals surface area contributed by atoms with Crippen LogP contribution in [0.5, 0.6) is 5.75 Å². The first-order chi connectivity index (χ1) is 12.4. The molecule has 0 unspecified atom stereocenters. The number of hydrogen-bond donors (Lipinski definition) is 0. The molecule has 0 saturated heterocycles. The average molecular weight is 352 g/mol. The van der Waals surface area contributed by atoms with Crippen molar-refractivity contribution in [2.24, 2.45) is 0 Å². The van der Waals surface area contributed by atoms with Gasteiger partial charge in [-0.15, -0.1) is 0 Å². The second-order valence-corrected chi connectivity index (χ2v) is 7.41. The van der Waals surface area contributed by atoms with Gasteiger partial charge in [-0.3, -0.25) is 4.79 Å². The van der Waals surface area contributed by atoms with Crippen LogP contribution in [0.25, 0.3) is 11.0 Å². The lowest BCUT2D eigenvalue weighted by Crippen LogP contribution is -2.11. The van der Waals surface area contributed by atoms with E-state index in [1.54, 1.807) is 19.4 Å². The van der Waals surface area contributed by atoms with Crippen molar-refractivity contribution in [1.82, 2.24) is 0 Å². The quantitative estimate of drug-likeness (QED) is 0.605. The zero-order valence-electron chi connectivity index (χ0n) is 15.7. The zero-order valence-corrected chi connectivity index (χ0v) is 15.7. The molecule has 0 fully saturated rings. The van der Waals surface area contributed by atoms with E-state index in [0.29, 0.717) is 5.58 Å². The first-order valence-corrected chi connectivity index (χ1v) is 8.66. The van der Waals surface area contributed by atoms with Crippen molar-refractivity contribution in [3.05, 3.63) is 65.4 Å². The standard InChI is InChI=1S/C22H24O4/c1-22(2,3)17-7-5-15(6-8-17)13-26-21(23)11-16-14-25-20-12-18(24-4)9-10-19(16)20/h5-10,12,14H,11,13H2,1-4H3. The molecule has 0 radical (unpaired) electrons. The number of fused-ring (bicyclic) bond motifs is 1. The van der Waals surface area contributed by atoms with Crippen molar-refractivity contribution in [3.8, 4) is 5.75 Å². The summed E-state index contributed by atoms with van der Waals surface area (Å²) in [4.78, 5) is 12.2. The van der Waals surface area contributed by atoms with Crippen LogP contribution in [-0.2, 0) is 28.0 Å². The Bertz CT molecular complexity index is 898. The van der Waals surface area contributed by atoms with E-state index in [1.165, 1.54) is 5.56 Å². The predicted molar refractivity (Wildman–Crippen MR) is 101 cm³/mol. The number of hydrogen-bond acceptors (Lipinski definition) is 4. The average Bonchev–Trinajstić information content (AvgIpc) is 3.01. The summed E-state index contributed by atoms with van der Waals surface area (Å²) in [5.74, 6) is 0.447. The van der Waals surface area contributed by atoms with Crippen molar-refractivity contribution in [3.63, 3.8) is 0 Å². The van der Waals surface area contributed by atoms with Crippen molar-refractivity contribution < 1.29 is 18.7 Å². The summed E-state index contributed by atoms with van der Waals surface area (Å²) in [7, 11) is 1.61. The Labute approximate surface area is 153 Å². The van der Waals surface area contributed by atoms with Gasteiger partial charge in [0.05, 0.1) is 19.8 Å². The van der Waals surface area contributed by atoms with Gasteiger partial charge in [0.2, 0.25) is 0 Å². The Morgan fingerprint density at radius 1 is 1.08 bits per heavy atom. The van der Waals surface area contributed by atoms with Gasteiger partial charge < -0.3 is 13.9 Å². The SMILES string of the molecule is COc1ccc2c(CC(=O)OCc3ccc(C(C)(C)C)cc3)coc2c1. The minimum atomic E-state index is -0.275. The smallest absolute Gasteiger partial charge is 0.310 e. The molecule has 0 aliphatic carbocycles. The Kier molecular flexibility index (Phi) is 5.03. The van der Waals surface area contributed by atoms with Crippen molar-refractivity contribution in [2.75, 3.05) is 7.11 Å². The van der Waals surface area contributed by atoms with E-state index in [0.717, 1.165) is 22.3 Å². The number of ether oxygens (including phenoxy) is 2. The predicted octanol–water partition coefficient (Wildman–Crippen LogP) is 5.02. The molecule has 0 aliphatic rings. The van der Waals surface area contributed by atoms with Crippen LogP contribution in [0.2, 0.25) is 0 Å². The molecule has 0 amide bonds. The van der Waals surface area contributed by atoms with E-state index < -0.39 is 0 Å². The fourth-order valence-electron chi connectivity index (χ4n) is 2.80. The second-order valence-electron chi connectivity index (χ2n) is 7.41. The van der Waals surface area contributed by atoms with Crippen molar-refractivity contribution in [1.29, 1.82) is 0 Å². The first kappa shape index (κ1) is 18.1. The van der Waals surface area contributed by atoms with Crippen LogP contribution < -0.4 is 4.74 Å². The van der Waals surface area contributed by atoms with Gasteiger partial charge in [-0.1, -0.05) is 45.0 Å². The summed E-state index contributed by atoms with van der Waals surface area (Å²) in [5, 5.41) is 0.900. The highest BCUT2D eigenvalue weighted by atomic mass is 16.5. The molecule has 1 heterocycles. The van der Waals surface area contributed by atoms with Crippen molar-refractivity contribution >= 4 is 16.9 Å². The maximum absolute atomic E-state index is 12.2. The lowest BCUT2D eigenvalue weighted by atomic mass is 9.87. The number of carbonyl (C=O) groups excluding carboxylic acids is 1. The highest BCUT2D eigenvalue weighted by molar-refractivity contribution is 5.86. The lowest BCUT2D eigenvalue weighted by Gasteiger charge is -2.19. The van der Waals surface area contributed by atoms with Crippen LogP contribution in [0.1, 0.15) is 37.5 Å². The highest BCUT2D eigenvalue weighted by Gasteiger charge is 2.14. The monoisotopic (exact) mass is 352 g/mol. The molecular formula is C22H24O4. The number of benzene rings is 2. The molecule has 4 nitrogen and oxygen atoms in total. The molecule has 3 aromatic rings. The molecule has 0 saturated carbocycles. The lowest BCUT2D eigenvalue weighted by molar-refractivity contribution is -0.144. The minimum absolute atomic E-state index is 0.111. The van der Waals surface area contributed by atoms with Gasteiger partial charge in [0.1, 0.15) is 17.9 Å². The Hall–Kier alpha value is -2.75. The molecule has 1 aromatic heterocycles. The van der Waals surface area contributed by atoms with Crippen LogP contribution in [0.15, 0.2) is 53.1 Å². The molecular weight excluding hydrogens is 328 g/mol. The molecule has 0 spiro atoms. The number of furan rings is 1. The first-order valence-electron chi connectivity index (χ1n) is 8.66. The Morgan fingerprint density at radius 2 is 1.81 bits per heavy atom. The molecule has 0 aliphatic heterocycles. The second kappa shape index (κ2) is 7.24. The summed E-state index contributed by atoms with van der Waals surface area (Å²) in [6.07, 6.45) is 1.78. The minimum Gasteiger partial charge on any atom is -0.497 e. The van der Waals surface area contributed by atoms with Gasteiger partial charge >= 0.3 is 5.97 Å². The topological polar surface area (TPSA) is 48.7 Å². The third-order valence-corrected chi connectivity index (χ3v) is 4.42. The summed E-state index contributed by atoms with van der Waals surface area (Å²) < 4.78 is 16.1. The van der Waals surface area contributed by atoms with Crippen LogP contribution in [0.3, 0.4) is 0 Å². The van der Waals surface area contributed by atoms with E-state index in [4.69, 9.17) is 13.9 Å². The summed E-state index contributed by atoms with van der Waals surface area (Å²) in [6, 6.07) is 13.7. The molecule has 0 bridgehead atoms. The number of carbonyl (C=O) groups is 1. The van der Waals surface area contributed by atoms with Gasteiger partial charge in [0, 0.05) is 17.0 Å². The summed E-state index contributed by atoms with van der Waals surface area (Å²) in [6.45, 7) is 6.79. The van der Waals surface area contributed by atoms with E-state index in [1.807, 2.05) is 24.3 Å². The number of methoxy groups -OCH3 is 1. The zero-order chi connectivity index (χ0) is 18.7. The third-order valence-electron chi connectivity index (χ3n) is 4.42. The molecule has 3 rings (SSSR count). The summed E-state index contributed by atoms with van der Waals surface area (Å²) in [5.41, 5.74) is 3.86. The van der Waals surface area contributed by atoms with Gasteiger partial charge in [0.15, 0.2) is 0 Å². The Morgan fingerprint density at radius 3 is 2.46 bits per heavy atom. The normalized spacial score (nSPS) is 11.5. The van der Waals surface area contributed by atoms with Crippen LogP contribution in [-0.4, -0.2) is 13.1 Å².